The number of alkyl halides is 3. The summed E-state index contributed by atoms with van der Waals surface area (Å²) in [6.07, 6.45) is -1.74. The second-order valence-electron chi connectivity index (χ2n) is 9.55. The second-order valence-corrected chi connectivity index (χ2v) is 9.55. The van der Waals surface area contributed by atoms with Gasteiger partial charge in [-0.25, -0.2) is 14.4 Å². The molecule has 1 aliphatic carbocycles. The van der Waals surface area contributed by atoms with E-state index in [9.17, 15) is 37.5 Å². The average molecular weight is 528 g/mol. The maximum atomic E-state index is 13.5. The van der Waals surface area contributed by atoms with Crippen LogP contribution < -0.4 is 16.9 Å². The Morgan fingerprint density at radius 1 is 1.03 bits per heavy atom. The molecule has 0 aliphatic heterocycles. The van der Waals surface area contributed by atoms with Gasteiger partial charge in [-0.1, -0.05) is 12.1 Å². The Bertz CT molecular complexity index is 1790. The van der Waals surface area contributed by atoms with Crippen LogP contribution in [0.3, 0.4) is 0 Å². The lowest BCUT2D eigenvalue weighted by Gasteiger charge is -2.16. The molecule has 4 aromatic rings. The Hall–Kier alpha value is -4.35. The fraction of sp³-hybridized carbons (Fsp3) is 0.308. The topological polar surface area (TPSA) is 108 Å². The van der Waals surface area contributed by atoms with Gasteiger partial charge in [0.25, 0.3) is 5.56 Å². The summed E-state index contributed by atoms with van der Waals surface area (Å²) in [5.41, 5.74) is -2.71. The Morgan fingerprint density at radius 3 is 2.37 bits per heavy atom. The second kappa shape index (κ2) is 8.89. The number of aromatic nitrogens is 4. The maximum absolute atomic E-state index is 13.5. The van der Waals surface area contributed by atoms with Gasteiger partial charge in [0.05, 0.1) is 28.8 Å². The van der Waals surface area contributed by atoms with E-state index >= 15 is 0 Å². The van der Waals surface area contributed by atoms with Crippen molar-refractivity contribution in [3.05, 3.63) is 96.2 Å². The zero-order valence-electron chi connectivity index (χ0n) is 20.5. The van der Waals surface area contributed by atoms with Crippen molar-refractivity contribution in [1.29, 1.82) is 0 Å². The van der Waals surface area contributed by atoms with Gasteiger partial charge in [-0.05, 0) is 61.1 Å². The molecule has 0 atom stereocenters. The van der Waals surface area contributed by atoms with Crippen molar-refractivity contribution in [3.63, 3.8) is 0 Å². The summed E-state index contributed by atoms with van der Waals surface area (Å²) < 4.78 is 44.9. The molecular weight excluding hydrogens is 505 g/mol. The van der Waals surface area contributed by atoms with Gasteiger partial charge in [-0.2, -0.15) is 13.2 Å². The van der Waals surface area contributed by atoms with E-state index in [0.29, 0.717) is 28.1 Å². The lowest BCUT2D eigenvalue weighted by Crippen LogP contribution is -2.42. The van der Waals surface area contributed by atoms with Crippen LogP contribution >= 0.6 is 0 Å². The van der Waals surface area contributed by atoms with Gasteiger partial charge in [0.15, 0.2) is 0 Å². The third kappa shape index (κ3) is 4.25. The number of nitrogens with zero attached hydrogens (tertiary/aromatic N) is 4. The predicted molar refractivity (Wildman–Crippen MR) is 132 cm³/mol. The standard InChI is InChI=1S/C26H23F3N4O5/c1-14-16(4-3-5-19(14)26(27,28)29)12-33-22(34)18(23(35)36)13-31(25(33)38)17-8-9-20-21(10-17)32(11-15-6-7-15)24(37)30(20)2/h3-5,8-10,13,15H,6-7,11-12H2,1-2H3,(H,35,36). The monoisotopic (exact) mass is 528 g/mol. The van der Waals surface area contributed by atoms with Crippen LogP contribution in [0.25, 0.3) is 16.7 Å². The van der Waals surface area contributed by atoms with Crippen LogP contribution in [0, 0.1) is 12.8 Å². The number of benzene rings is 2. The number of rotatable bonds is 6. The van der Waals surface area contributed by atoms with Gasteiger partial charge in [0.1, 0.15) is 5.56 Å². The van der Waals surface area contributed by atoms with Crippen molar-refractivity contribution in [1.82, 2.24) is 18.3 Å². The summed E-state index contributed by atoms with van der Waals surface area (Å²) in [5.74, 6) is -1.22. The summed E-state index contributed by atoms with van der Waals surface area (Å²) >= 11 is 0. The van der Waals surface area contributed by atoms with Gasteiger partial charge in [-0.15, -0.1) is 0 Å². The zero-order chi connectivity index (χ0) is 27.5. The lowest BCUT2D eigenvalue weighted by molar-refractivity contribution is -0.138. The molecule has 12 heteroatoms. The quantitative estimate of drug-likeness (QED) is 0.414. The summed E-state index contributed by atoms with van der Waals surface area (Å²) in [5, 5.41) is 9.66. The third-order valence-corrected chi connectivity index (χ3v) is 7.03. The van der Waals surface area contributed by atoms with E-state index in [2.05, 4.69) is 0 Å². The molecule has 5 rings (SSSR count). The Balaban J connectivity index is 1.70. The molecule has 2 aromatic heterocycles. The van der Waals surface area contributed by atoms with Crippen molar-refractivity contribution >= 4 is 17.0 Å². The summed E-state index contributed by atoms with van der Waals surface area (Å²) in [6.45, 7) is 1.17. The number of halogens is 3. The first-order chi connectivity index (χ1) is 17.9. The molecule has 198 valence electrons. The van der Waals surface area contributed by atoms with Crippen LogP contribution in [0.1, 0.15) is 39.9 Å². The minimum Gasteiger partial charge on any atom is -0.477 e. The SMILES string of the molecule is Cc1c(Cn2c(=O)c(C(=O)O)cn(-c3ccc4c(c3)n(CC3CC3)c(=O)n4C)c2=O)cccc1C(F)(F)F. The average Bonchev–Trinajstić information content (AvgIpc) is 3.64. The summed E-state index contributed by atoms with van der Waals surface area (Å²) in [6, 6.07) is 8.11. The molecule has 2 aromatic carbocycles. The fourth-order valence-electron chi connectivity index (χ4n) is 4.69. The number of carboxylic acids is 1. The maximum Gasteiger partial charge on any atom is 0.416 e. The molecule has 0 spiro atoms. The Labute approximate surface area is 212 Å². The largest absolute Gasteiger partial charge is 0.477 e. The van der Waals surface area contributed by atoms with Gasteiger partial charge in [0.2, 0.25) is 0 Å². The Kier molecular flexibility index (Phi) is 5.92. The number of hydrogen-bond donors (Lipinski definition) is 1. The van der Waals surface area contributed by atoms with Gasteiger partial charge in [0, 0.05) is 19.8 Å². The first-order valence-corrected chi connectivity index (χ1v) is 11.8. The highest BCUT2D eigenvalue weighted by molar-refractivity contribution is 5.87. The molecule has 0 radical (unpaired) electrons. The van der Waals surface area contributed by atoms with Crippen molar-refractivity contribution in [3.8, 4) is 5.69 Å². The number of aryl methyl sites for hydroxylation is 1. The van der Waals surface area contributed by atoms with Crippen molar-refractivity contribution in [2.45, 2.75) is 39.0 Å². The fourth-order valence-corrected chi connectivity index (χ4v) is 4.69. The summed E-state index contributed by atoms with van der Waals surface area (Å²) in [7, 11) is 1.63. The van der Waals surface area contributed by atoms with Crippen LogP contribution in [0.2, 0.25) is 0 Å². The molecule has 0 amide bonds. The van der Waals surface area contributed by atoms with E-state index in [1.54, 1.807) is 23.7 Å². The first kappa shape index (κ1) is 25.3. The number of carboxylic acid groups (broad SMARTS) is 1. The lowest BCUT2D eigenvalue weighted by atomic mass is 10.0. The molecular formula is C26H23F3N4O5. The molecule has 1 aliphatic rings. The highest BCUT2D eigenvalue weighted by Gasteiger charge is 2.33. The molecule has 0 saturated heterocycles. The third-order valence-electron chi connectivity index (χ3n) is 7.03. The first-order valence-electron chi connectivity index (χ1n) is 11.8. The number of aromatic carboxylic acids is 1. The van der Waals surface area contributed by atoms with Crippen LogP contribution in [0.4, 0.5) is 13.2 Å². The smallest absolute Gasteiger partial charge is 0.416 e. The van der Waals surface area contributed by atoms with E-state index in [-0.39, 0.29) is 22.5 Å². The molecule has 0 bridgehead atoms. The minimum absolute atomic E-state index is 0.0462. The number of fused-ring (bicyclic) bond motifs is 1. The molecule has 9 nitrogen and oxygen atoms in total. The molecule has 2 heterocycles. The van der Waals surface area contributed by atoms with Crippen molar-refractivity contribution in [2.24, 2.45) is 13.0 Å². The van der Waals surface area contributed by atoms with Crippen LogP contribution in [0.5, 0.6) is 0 Å². The van der Waals surface area contributed by atoms with E-state index in [4.69, 9.17) is 0 Å². The summed E-state index contributed by atoms with van der Waals surface area (Å²) in [4.78, 5) is 51.1. The number of hydrogen-bond acceptors (Lipinski definition) is 4. The molecule has 38 heavy (non-hydrogen) atoms. The van der Waals surface area contributed by atoms with Gasteiger partial charge in [-0.3, -0.25) is 23.1 Å². The highest BCUT2D eigenvalue weighted by atomic mass is 19.4. The van der Waals surface area contributed by atoms with Crippen LogP contribution in [0.15, 0.2) is 57.0 Å². The predicted octanol–water partition coefficient (Wildman–Crippen LogP) is 3.14. The van der Waals surface area contributed by atoms with E-state index in [1.165, 1.54) is 23.6 Å². The molecule has 1 saturated carbocycles. The normalized spacial score (nSPS) is 13.8. The molecule has 1 N–H and O–H groups in total. The van der Waals surface area contributed by atoms with Gasteiger partial charge < -0.3 is 5.11 Å². The minimum atomic E-state index is -4.64. The Morgan fingerprint density at radius 2 is 1.74 bits per heavy atom. The molecule has 0 unspecified atom stereocenters. The van der Waals surface area contributed by atoms with Crippen molar-refractivity contribution in [2.75, 3.05) is 0 Å². The van der Waals surface area contributed by atoms with Crippen LogP contribution in [-0.4, -0.2) is 29.3 Å². The van der Waals surface area contributed by atoms with E-state index in [1.807, 2.05) is 0 Å². The highest BCUT2D eigenvalue weighted by Crippen LogP contribution is 2.33. The van der Waals surface area contributed by atoms with Crippen molar-refractivity contribution < 1.29 is 23.1 Å². The van der Waals surface area contributed by atoms with Gasteiger partial charge >= 0.3 is 23.5 Å². The number of imidazole rings is 1. The van der Waals surface area contributed by atoms with Crippen LogP contribution in [-0.2, 0) is 26.3 Å². The van der Waals surface area contributed by atoms with E-state index < -0.39 is 41.1 Å². The number of carbonyl (C=O) groups is 1. The zero-order valence-corrected chi connectivity index (χ0v) is 20.5. The van der Waals surface area contributed by atoms with E-state index in [0.717, 1.165) is 35.7 Å². The molecule has 1 fully saturated rings.